The number of aromatic nitrogens is 2. The van der Waals surface area contributed by atoms with Gasteiger partial charge in [-0.2, -0.15) is 0 Å². The van der Waals surface area contributed by atoms with Crippen LogP contribution < -0.4 is 5.73 Å². The highest BCUT2D eigenvalue weighted by molar-refractivity contribution is 8.00. The summed E-state index contributed by atoms with van der Waals surface area (Å²) in [5.74, 6) is -1.77. The van der Waals surface area contributed by atoms with E-state index in [-0.39, 0.29) is 22.4 Å². The van der Waals surface area contributed by atoms with E-state index in [9.17, 15) is 8.78 Å². The molecule has 3 N–H and O–H groups in total. The van der Waals surface area contributed by atoms with Crippen molar-refractivity contribution >= 4 is 40.8 Å². The van der Waals surface area contributed by atoms with Gasteiger partial charge in [0.05, 0.1) is 11.1 Å². The second-order valence-corrected chi connectivity index (χ2v) is 6.89. The van der Waals surface area contributed by atoms with Gasteiger partial charge in [-0.25, -0.2) is 18.1 Å². The average molecular weight is 347 g/mol. The van der Waals surface area contributed by atoms with Crippen LogP contribution in [0.3, 0.4) is 0 Å². The smallest absolute Gasteiger partial charge is 0.195 e. The van der Waals surface area contributed by atoms with Crippen LogP contribution in [-0.2, 0) is 0 Å². The number of fused-ring (bicyclic) bond motifs is 1. The Morgan fingerprint density at radius 1 is 1.50 bits per heavy atom. The van der Waals surface area contributed by atoms with E-state index in [1.165, 1.54) is 23.9 Å². The van der Waals surface area contributed by atoms with Crippen molar-refractivity contribution in [2.75, 3.05) is 19.8 Å². The SMILES string of the molecule is CCSn1c(SN(C)C)nc2c(F)c(F)cc(C(N)=NO)c21. The molecule has 0 spiro atoms. The molecule has 1 aromatic heterocycles. The van der Waals surface area contributed by atoms with Gasteiger partial charge in [-0.05, 0) is 44.1 Å². The molecule has 0 aliphatic heterocycles. The van der Waals surface area contributed by atoms with E-state index in [1.54, 1.807) is 8.28 Å². The summed E-state index contributed by atoms with van der Waals surface area (Å²) in [6.07, 6.45) is 0. The van der Waals surface area contributed by atoms with Gasteiger partial charge in [0.1, 0.15) is 5.52 Å². The van der Waals surface area contributed by atoms with E-state index < -0.39 is 11.6 Å². The summed E-state index contributed by atoms with van der Waals surface area (Å²) < 4.78 is 31.3. The first-order valence-electron chi connectivity index (χ1n) is 6.27. The number of halogens is 2. The zero-order valence-electron chi connectivity index (χ0n) is 12.2. The highest BCUT2D eigenvalue weighted by Gasteiger charge is 2.23. The Bertz CT molecular complexity index is 732. The third kappa shape index (κ3) is 2.99. The summed E-state index contributed by atoms with van der Waals surface area (Å²) in [7, 11) is 3.62. The first kappa shape index (κ1) is 16.8. The molecule has 0 fully saturated rings. The lowest BCUT2D eigenvalue weighted by molar-refractivity contribution is 0.318. The Hall–Kier alpha value is -1.52. The number of hydrogen-bond donors (Lipinski definition) is 2. The van der Waals surface area contributed by atoms with Crippen molar-refractivity contribution in [2.24, 2.45) is 10.9 Å². The number of hydrogen-bond acceptors (Lipinski definition) is 6. The van der Waals surface area contributed by atoms with E-state index in [4.69, 9.17) is 10.9 Å². The fourth-order valence-electron chi connectivity index (χ4n) is 1.87. The lowest BCUT2D eigenvalue weighted by Gasteiger charge is -2.11. The van der Waals surface area contributed by atoms with Crippen molar-refractivity contribution < 1.29 is 14.0 Å². The summed E-state index contributed by atoms with van der Waals surface area (Å²) in [4.78, 5) is 4.17. The molecule has 0 unspecified atom stereocenters. The number of imidazole rings is 1. The molecule has 1 aromatic carbocycles. The molecule has 120 valence electrons. The number of benzene rings is 1. The van der Waals surface area contributed by atoms with Gasteiger partial charge < -0.3 is 10.9 Å². The highest BCUT2D eigenvalue weighted by atomic mass is 32.2. The van der Waals surface area contributed by atoms with E-state index in [1.807, 2.05) is 21.0 Å². The normalized spacial score (nSPS) is 12.5. The Kier molecular flexibility index (Phi) is 5.14. The van der Waals surface area contributed by atoms with Crippen molar-refractivity contribution in [3.05, 3.63) is 23.3 Å². The minimum atomic E-state index is -1.10. The Morgan fingerprint density at radius 3 is 2.73 bits per heavy atom. The molecular weight excluding hydrogens is 332 g/mol. The van der Waals surface area contributed by atoms with Crippen LogP contribution in [0.2, 0.25) is 0 Å². The average Bonchev–Trinajstić information content (AvgIpc) is 2.81. The van der Waals surface area contributed by atoms with Gasteiger partial charge in [0, 0.05) is 5.75 Å². The molecule has 2 aromatic rings. The molecule has 0 radical (unpaired) electrons. The number of nitrogens with zero attached hydrogens (tertiary/aromatic N) is 4. The van der Waals surface area contributed by atoms with Crippen molar-refractivity contribution in [1.29, 1.82) is 0 Å². The predicted molar refractivity (Wildman–Crippen MR) is 85.2 cm³/mol. The van der Waals surface area contributed by atoms with Crippen LogP contribution in [0.1, 0.15) is 12.5 Å². The van der Waals surface area contributed by atoms with Crippen LogP contribution in [-0.4, -0.2) is 44.2 Å². The van der Waals surface area contributed by atoms with Crippen molar-refractivity contribution in [1.82, 2.24) is 13.3 Å². The largest absolute Gasteiger partial charge is 0.409 e. The van der Waals surface area contributed by atoms with E-state index >= 15 is 0 Å². The minimum absolute atomic E-state index is 0.0930. The number of oxime groups is 1. The number of nitrogens with two attached hydrogens (primary N) is 1. The van der Waals surface area contributed by atoms with Crippen LogP contribution >= 0.6 is 23.9 Å². The van der Waals surface area contributed by atoms with Crippen molar-refractivity contribution in [2.45, 2.75) is 12.1 Å². The summed E-state index contributed by atoms with van der Waals surface area (Å²) in [6.45, 7) is 1.92. The molecule has 0 amide bonds. The van der Waals surface area contributed by atoms with Gasteiger partial charge in [-0.15, -0.1) is 0 Å². The molecule has 0 bridgehead atoms. The van der Waals surface area contributed by atoms with E-state index in [2.05, 4.69) is 10.1 Å². The number of amidine groups is 1. The molecule has 2 rings (SSSR count). The fraction of sp³-hybridized carbons (Fsp3) is 0.333. The zero-order valence-corrected chi connectivity index (χ0v) is 13.8. The molecule has 0 aliphatic carbocycles. The topological polar surface area (TPSA) is 79.7 Å². The van der Waals surface area contributed by atoms with Gasteiger partial charge in [0.25, 0.3) is 0 Å². The lowest BCUT2D eigenvalue weighted by Crippen LogP contribution is -2.15. The lowest BCUT2D eigenvalue weighted by atomic mass is 10.1. The third-order valence-corrected chi connectivity index (χ3v) is 4.45. The van der Waals surface area contributed by atoms with Crippen LogP contribution in [0.5, 0.6) is 0 Å². The van der Waals surface area contributed by atoms with Crippen molar-refractivity contribution in [3.8, 4) is 0 Å². The second kappa shape index (κ2) is 6.71. The first-order valence-corrected chi connectivity index (χ1v) is 7.99. The van der Waals surface area contributed by atoms with Gasteiger partial charge >= 0.3 is 0 Å². The molecule has 6 nitrogen and oxygen atoms in total. The number of rotatable bonds is 5. The van der Waals surface area contributed by atoms with Crippen LogP contribution in [0.15, 0.2) is 16.4 Å². The molecule has 1 heterocycles. The van der Waals surface area contributed by atoms with E-state index in [0.29, 0.717) is 10.9 Å². The first-order chi connectivity index (χ1) is 10.4. The summed E-state index contributed by atoms with van der Waals surface area (Å²) in [6, 6.07) is 0.908. The molecular formula is C12H15F2N5OS2. The van der Waals surface area contributed by atoms with Gasteiger partial charge in [0.2, 0.25) is 0 Å². The Balaban J connectivity index is 2.85. The Labute approximate surface area is 134 Å². The molecule has 0 aliphatic rings. The quantitative estimate of drug-likeness (QED) is 0.284. The van der Waals surface area contributed by atoms with Crippen LogP contribution in [0.25, 0.3) is 11.0 Å². The Morgan fingerprint density at radius 2 is 2.18 bits per heavy atom. The van der Waals surface area contributed by atoms with Gasteiger partial charge in [0.15, 0.2) is 22.6 Å². The maximum Gasteiger partial charge on any atom is 0.195 e. The van der Waals surface area contributed by atoms with Crippen LogP contribution in [0.4, 0.5) is 8.78 Å². The van der Waals surface area contributed by atoms with Crippen molar-refractivity contribution in [3.63, 3.8) is 0 Å². The summed E-state index contributed by atoms with van der Waals surface area (Å²) >= 11 is 2.63. The third-order valence-electron chi connectivity index (χ3n) is 2.66. The van der Waals surface area contributed by atoms with E-state index in [0.717, 1.165) is 6.07 Å². The molecule has 22 heavy (non-hydrogen) atoms. The van der Waals surface area contributed by atoms with Gasteiger partial charge in [-0.3, -0.25) is 3.97 Å². The maximum atomic E-state index is 14.1. The summed E-state index contributed by atoms with van der Waals surface area (Å²) in [5, 5.41) is 12.2. The van der Waals surface area contributed by atoms with Crippen LogP contribution in [0, 0.1) is 11.6 Å². The maximum absolute atomic E-state index is 14.1. The second-order valence-electron chi connectivity index (χ2n) is 4.41. The summed E-state index contributed by atoms with van der Waals surface area (Å²) in [5.41, 5.74) is 5.83. The van der Waals surface area contributed by atoms with Gasteiger partial charge in [-0.1, -0.05) is 12.1 Å². The minimum Gasteiger partial charge on any atom is -0.409 e. The predicted octanol–water partition coefficient (Wildman–Crippen LogP) is 2.49. The molecule has 10 heteroatoms. The standard InChI is InChI=1S/C12H15F2N5OS2/c1-4-21-19-10-6(11(15)17-20)5-7(13)8(14)9(10)16-12(19)22-18(2)3/h5,20H,4H2,1-3H3,(H2,15,17). The molecule has 0 saturated carbocycles. The fourth-order valence-corrected chi connectivity index (χ4v) is 3.47. The molecule has 0 atom stereocenters. The zero-order chi connectivity index (χ0) is 16.4. The monoisotopic (exact) mass is 347 g/mol. The highest BCUT2D eigenvalue weighted by Crippen LogP contribution is 2.33. The molecule has 0 saturated heterocycles.